The first-order chi connectivity index (χ1) is 8.91. The number of para-hydroxylation sites is 1. The highest BCUT2D eigenvalue weighted by molar-refractivity contribution is 7.91. The fraction of sp³-hybridized carbons (Fsp3) is 0.462. The van der Waals surface area contributed by atoms with Crippen molar-refractivity contribution in [2.75, 3.05) is 6.26 Å². The van der Waals surface area contributed by atoms with E-state index in [2.05, 4.69) is 29.1 Å². The Labute approximate surface area is 113 Å². The molecule has 0 amide bonds. The number of H-pyrrole nitrogens is 1. The maximum atomic E-state index is 11.7. The van der Waals surface area contributed by atoms with Crippen LogP contribution in [0.15, 0.2) is 23.1 Å². The summed E-state index contributed by atoms with van der Waals surface area (Å²) in [5.74, 6) is 0.756. The van der Waals surface area contributed by atoms with Gasteiger partial charge < -0.3 is 10.3 Å². The summed E-state index contributed by atoms with van der Waals surface area (Å²) in [7, 11) is -3.25. The molecule has 2 aromatic rings. The average Bonchev–Trinajstić information content (AvgIpc) is 2.76. The minimum Gasteiger partial charge on any atom is -0.341 e. The van der Waals surface area contributed by atoms with E-state index in [1.165, 1.54) is 6.26 Å². The molecule has 5 nitrogen and oxygen atoms in total. The molecule has 2 N–H and O–H groups in total. The van der Waals surface area contributed by atoms with Gasteiger partial charge in [0.1, 0.15) is 11.3 Å². The largest absolute Gasteiger partial charge is 0.341 e. The second kappa shape index (κ2) is 5.30. The first-order valence-corrected chi connectivity index (χ1v) is 8.22. The van der Waals surface area contributed by atoms with Gasteiger partial charge in [-0.15, -0.1) is 0 Å². The lowest BCUT2D eigenvalue weighted by atomic mass is 10.2. The minimum absolute atomic E-state index is 0.274. The molecule has 1 heterocycles. The normalized spacial score (nSPS) is 13.8. The van der Waals surface area contributed by atoms with E-state index in [0.717, 1.165) is 17.8 Å². The van der Waals surface area contributed by atoms with Gasteiger partial charge in [-0.2, -0.15) is 0 Å². The van der Waals surface area contributed by atoms with Gasteiger partial charge in [0.05, 0.1) is 17.0 Å². The molecule has 0 radical (unpaired) electrons. The van der Waals surface area contributed by atoms with Gasteiger partial charge in [-0.1, -0.05) is 13.0 Å². The van der Waals surface area contributed by atoms with Crippen LogP contribution in [0, 0.1) is 0 Å². The Balaban J connectivity index is 2.36. The van der Waals surface area contributed by atoms with Crippen molar-refractivity contribution >= 4 is 20.9 Å². The number of benzene rings is 1. The Kier molecular flexibility index (Phi) is 3.91. The van der Waals surface area contributed by atoms with E-state index in [1.54, 1.807) is 12.1 Å². The van der Waals surface area contributed by atoms with Crippen LogP contribution in [0.5, 0.6) is 0 Å². The van der Waals surface area contributed by atoms with Gasteiger partial charge in [-0.25, -0.2) is 13.4 Å². The Bertz CT molecular complexity index is 676. The molecule has 1 aromatic carbocycles. The Morgan fingerprint density at radius 1 is 1.42 bits per heavy atom. The van der Waals surface area contributed by atoms with Crippen LogP contribution in [-0.4, -0.2) is 30.7 Å². The molecule has 0 spiro atoms. The van der Waals surface area contributed by atoms with Gasteiger partial charge in [0.2, 0.25) is 0 Å². The van der Waals surface area contributed by atoms with Crippen molar-refractivity contribution in [3.63, 3.8) is 0 Å². The lowest BCUT2D eigenvalue weighted by Crippen LogP contribution is -2.24. The van der Waals surface area contributed by atoms with Crippen molar-refractivity contribution in [2.24, 2.45) is 0 Å². The summed E-state index contributed by atoms with van der Waals surface area (Å²) in [6.45, 7) is 4.82. The summed E-state index contributed by atoms with van der Waals surface area (Å²) in [5, 5.41) is 3.32. The molecule has 2 rings (SSSR count). The smallest absolute Gasteiger partial charge is 0.177 e. The van der Waals surface area contributed by atoms with E-state index in [1.807, 2.05) is 6.07 Å². The van der Waals surface area contributed by atoms with E-state index in [4.69, 9.17) is 0 Å². The summed E-state index contributed by atoms with van der Waals surface area (Å²) in [6, 6.07) is 5.55. The van der Waals surface area contributed by atoms with E-state index in [-0.39, 0.29) is 4.90 Å². The number of nitrogens with zero attached hydrogens (tertiary/aromatic N) is 1. The molecule has 1 unspecified atom stereocenters. The van der Waals surface area contributed by atoms with Crippen LogP contribution in [0.4, 0.5) is 0 Å². The molecule has 0 aliphatic rings. The van der Waals surface area contributed by atoms with Crippen LogP contribution in [0.1, 0.15) is 26.1 Å². The first kappa shape index (κ1) is 14.0. The van der Waals surface area contributed by atoms with Crippen LogP contribution in [-0.2, 0) is 16.4 Å². The molecule has 0 aliphatic carbocycles. The van der Waals surface area contributed by atoms with Crippen LogP contribution in [0.3, 0.4) is 0 Å². The zero-order valence-electron chi connectivity index (χ0n) is 11.4. The zero-order chi connectivity index (χ0) is 14.0. The van der Waals surface area contributed by atoms with Gasteiger partial charge in [0, 0.05) is 12.3 Å². The number of hydrogen-bond donors (Lipinski definition) is 2. The number of aromatic amines is 1. The van der Waals surface area contributed by atoms with Crippen molar-refractivity contribution in [3.05, 3.63) is 24.0 Å². The molecule has 1 aromatic heterocycles. The number of rotatable bonds is 5. The predicted octanol–water partition coefficient (Wildman–Crippen LogP) is 1.85. The third-order valence-corrected chi connectivity index (χ3v) is 4.28. The molecule has 0 saturated heterocycles. The summed E-state index contributed by atoms with van der Waals surface area (Å²) in [4.78, 5) is 7.81. The van der Waals surface area contributed by atoms with Crippen molar-refractivity contribution in [1.82, 2.24) is 15.3 Å². The van der Waals surface area contributed by atoms with Crippen LogP contribution < -0.4 is 5.32 Å². The van der Waals surface area contributed by atoms with Crippen molar-refractivity contribution in [1.29, 1.82) is 0 Å². The fourth-order valence-electron chi connectivity index (χ4n) is 1.86. The number of nitrogens with one attached hydrogen (secondary N) is 2. The van der Waals surface area contributed by atoms with E-state index in [0.29, 0.717) is 18.1 Å². The van der Waals surface area contributed by atoms with E-state index >= 15 is 0 Å². The second-order valence-electron chi connectivity index (χ2n) is 4.80. The lowest BCUT2D eigenvalue weighted by molar-refractivity contribution is 0.525. The molecule has 6 heteroatoms. The molecule has 104 valence electrons. The van der Waals surface area contributed by atoms with Crippen LogP contribution in [0.2, 0.25) is 0 Å². The van der Waals surface area contributed by atoms with E-state index < -0.39 is 9.84 Å². The SMILES string of the molecule is CCC(C)NCc1nc2c(S(C)(=O)=O)cccc2[nH]1. The van der Waals surface area contributed by atoms with Gasteiger partial charge in [-0.3, -0.25) is 0 Å². The monoisotopic (exact) mass is 281 g/mol. The van der Waals surface area contributed by atoms with E-state index in [9.17, 15) is 8.42 Å². The highest BCUT2D eigenvalue weighted by Gasteiger charge is 2.15. The van der Waals surface area contributed by atoms with Crippen LogP contribution in [0.25, 0.3) is 11.0 Å². The highest BCUT2D eigenvalue weighted by atomic mass is 32.2. The number of sulfone groups is 1. The second-order valence-corrected chi connectivity index (χ2v) is 6.78. The summed E-state index contributed by atoms with van der Waals surface area (Å²) >= 11 is 0. The third kappa shape index (κ3) is 3.13. The lowest BCUT2D eigenvalue weighted by Gasteiger charge is -2.08. The van der Waals surface area contributed by atoms with Gasteiger partial charge in [0.25, 0.3) is 0 Å². The Morgan fingerprint density at radius 2 is 2.16 bits per heavy atom. The van der Waals surface area contributed by atoms with Gasteiger partial charge in [-0.05, 0) is 25.5 Å². The van der Waals surface area contributed by atoms with Crippen molar-refractivity contribution < 1.29 is 8.42 Å². The molecule has 0 bridgehead atoms. The molecule has 0 fully saturated rings. The number of aromatic nitrogens is 2. The molecule has 0 saturated carbocycles. The molecular formula is C13H19N3O2S. The summed E-state index contributed by atoms with van der Waals surface area (Å²) in [6.07, 6.45) is 2.24. The number of hydrogen-bond acceptors (Lipinski definition) is 4. The summed E-state index contributed by atoms with van der Waals surface area (Å²) < 4.78 is 23.4. The molecule has 19 heavy (non-hydrogen) atoms. The van der Waals surface area contributed by atoms with Gasteiger partial charge >= 0.3 is 0 Å². The van der Waals surface area contributed by atoms with Crippen molar-refractivity contribution in [2.45, 2.75) is 37.8 Å². The standard InChI is InChI=1S/C13H19N3O2S/c1-4-9(2)14-8-12-15-10-6-5-7-11(13(10)16-12)19(3,17)18/h5-7,9,14H,4,8H2,1-3H3,(H,15,16). The quantitative estimate of drug-likeness (QED) is 0.877. The van der Waals surface area contributed by atoms with Gasteiger partial charge in [0.15, 0.2) is 9.84 Å². The minimum atomic E-state index is -3.25. The fourth-order valence-corrected chi connectivity index (χ4v) is 2.69. The number of fused-ring (bicyclic) bond motifs is 1. The number of imidazole rings is 1. The third-order valence-electron chi connectivity index (χ3n) is 3.15. The molecular weight excluding hydrogens is 262 g/mol. The zero-order valence-corrected chi connectivity index (χ0v) is 12.2. The Hall–Kier alpha value is -1.40. The predicted molar refractivity (Wildman–Crippen MR) is 75.8 cm³/mol. The molecule has 1 atom stereocenters. The average molecular weight is 281 g/mol. The van der Waals surface area contributed by atoms with Crippen LogP contribution >= 0.6 is 0 Å². The summed E-state index contributed by atoms with van der Waals surface area (Å²) in [5.41, 5.74) is 1.27. The molecule has 0 aliphatic heterocycles. The Morgan fingerprint density at radius 3 is 2.79 bits per heavy atom. The topological polar surface area (TPSA) is 74.8 Å². The maximum Gasteiger partial charge on any atom is 0.177 e. The first-order valence-electron chi connectivity index (χ1n) is 6.33. The maximum absolute atomic E-state index is 11.7. The highest BCUT2D eigenvalue weighted by Crippen LogP contribution is 2.20. The van der Waals surface area contributed by atoms with Crippen molar-refractivity contribution in [3.8, 4) is 0 Å².